The standard InChI is InChI=1S/C27H39N5O2S2.C2H6/c1-5-27(33)28-13-16-31-19-17-30(18-20-31)14-8-15-32-23-9-6-7-10-25(23)35-26-12-11-22(21-24(26)32)36(4,34)29(2)3;1-2/h6-7,9-12,21H,4-5,8,13-20H2,1-3H3,(H,28,33);1-2H3. The Morgan fingerprint density at radius 3 is 2.26 bits per heavy atom. The smallest absolute Gasteiger partial charge is 0.219 e. The third-order valence-corrected chi connectivity index (χ3v) is 10.2. The van der Waals surface area contributed by atoms with Crippen LogP contribution in [0.3, 0.4) is 0 Å². The van der Waals surface area contributed by atoms with E-state index in [0.29, 0.717) is 6.42 Å². The van der Waals surface area contributed by atoms with Crippen LogP contribution in [0.5, 0.6) is 0 Å². The normalized spacial score (nSPS) is 17.2. The van der Waals surface area contributed by atoms with Gasteiger partial charge >= 0.3 is 0 Å². The molecule has 2 aliphatic rings. The zero-order valence-electron chi connectivity index (χ0n) is 23.7. The Hall–Kier alpha value is -2.04. The van der Waals surface area contributed by atoms with Gasteiger partial charge in [0.2, 0.25) is 5.91 Å². The minimum absolute atomic E-state index is 0.124. The van der Waals surface area contributed by atoms with Gasteiger partial charge in [-0.1, -0.05) is 44.7 Å². The summed E-state index contributed by atoms with van der Waals surface area (Å²) in [5.74, 6) is 4.14. The number of piperazine rings is 1. The molecule has 2 aromatic carbocycles. The Morgan fingerprint density at radius 2 is 1.61 bits per heavy atom. The lowest BCUT2D eigenvalue weighted by molar-refractivity contribution is -0.120. The van der Waals surface area contributed by atoms with Crippen molar-refractivity contribution in [1.29, 1.82) is 0 Å². The average Bonchev–Trinajstić information content (AvgIpc) is 2.94. The van der Waals surface area contributed by atoms with Crippen molar-refractivity contribution in [2.45, 2.75) is 48.3 Å². The van der Waals surface area contributed by atoms with Gasteiger partial charge in [-0.15, -0.1) is 0 Å². The van der Waals surface area contributed by atoms with E-state index >= 15 is 0 Å². The zero-order valence-corrected chi connectivity index (χ0v) is 25.4. The molecule has 0 spiro atoms. The molecule has 0 saturated carbocycles. The number of para-hydroxylation sites is 1. The molecule has 1 unspecified atom stereocenters. The molecule has 0 aliphatic carbocycles. The second kappa shape index (κ2) is 14.4. The van der Waals surface area contributed by atoms with Crippen LogP contribution in [0.2, 0.25) is 0 Å². The topological polar surface area (TPSA) is 59.1 Å². The molecule has 1 N–H and O–H groups in total. The largest absolute Gasteiger partial charge is 0.355 e. The SMILES string of the molecule is C=S(=O)(c1ccc2c(c1)N(CCCN1CCN(CCNC(=O)CC)CC1)c1ccccc1S2)N(C)C.CC. The summed E-state index contributed by atoms with van der Waals surface area (Å²) in [5.41, 5.74) is 2.33. The summed E-state index contributed by atoms with van der Waals surface area (Å²) in [7, 11) is 1.13. The number of amides is 1. The molecule has 38 heavy (non-hydrogen) atoms. The van der Waals surface area contributed by atoms with E-state index in [1.54, 1.807) is 16.1 Å². The minimum atomic E-state index is -2.51. The number of fused-ring (bicyclic) bond motifs is 2. The van der Waals surface area contributed by atoms with Gasteiger partial charge in [0.25, 0.3) is 0 Å². The first kappa shape index (κ1) is 30.5. The van der Waals surface area contributed by atoms with Crippen molar-refractivity contribution in [2.24, 2.45) is 0 Å². The summed E-state index contributed by atoms with van der Waals surface area (Å²) in [6.45, 7) is 13.7. The molecule has 1 atom stereocenters. The Labute approximate surface area is 234 Å². The second-order valence-electron chi connectivity index (χ2n) is 9.54. The fourth-order valence-electron chi connectivity index (χ4n) is 4.63. The molecular weight excluding hydrogens is 514 g/mol. The first-order chi connectivity index (χ1) is 18.3. The Morgan fingerprint density at radius 1 is 0.974 bits per heavy atom. The predicted octanol–water partition coefficient (Wildman–Crippen LogP) is 4.40. The highest BCUT2D eigenvalue weighted by Gasteiger charge is 2.25. The molecule has 1 saturated heterocycles. The quantitative estimate of drug-likeness (QED) is 0.436. The van der Waals surface area contributed by atoms with E-state index < -0.39 is 9.71 Å². The molecule has 1 fully saturated rings. The van der Waals surface area contributed by atoms with Gasteiger partial charge < -0.3 is 15.1 Å². The van der Waals surface area contributed by atoms with Crippen molar-refractivity contribution in [3.05, 3.63) is 42.5 Å². The Bertz CT molecular complexity index is 1160. The van der Waals surface area contributed by atoms with E-state index in [1.165, 1.54) is 15.5 Å². The lowest BCUT2D eigenvalue weighted by Gasteiger charge is -2.36. The van der Waals surface area contributed by atoms with E-state index in [-0.39, 0.29) is 5.91 Å². The molecular formula is C29H45N5O2S2. The molecule has 0 radical (unpaired) electrons. The van der Waals surface area contributed by atoms with E-state index in [2.05, 4.69) is 62.3 Å². The molecule has 2 aromatic rings. The summed E-state index contributed by atoms with van der Waals surface area (Å²) >= 11 is 1.77. The number of nitrogens with zero attached hydrogens (tertiary/aromatic N) is 4. The first-order valence-corrected chi connectivity index (χ1v) is 16.2. The minimum Gasteiger partial charge on any atom is -0.355 e. The van der Waals surface area contributed by atoms with Gasteiger partial charge in [-0.25, -0.2) is 8.51 Å². The number of benzene rings is 2. The molecule has 4 rings (SSSR count). The highest BCUT2D eigenvalue weighted by molar-refractivity contribution is 8.00. The summed E-state index contributed by atoms with van der Waals surface area (Å²) in [6.07, 6.45) is 1.59. The predicted molar refractivity (Wildman–Crippen MR) is 163 cm³/mol. The summed E-state index contributed by atoms with van der Waals surface area (Å²) in [5, 5.41) is 2.97. The van der Waals surface area contributed by atoms with Crippen molar-refractivity contribution in [2.75, 3.05) is 71.4 Å². The number of anilines is 2. The van der Waals surface area contributed by atoms with Crippen LogP contribution in [-0.4, -0.2) is 96.5 Å². The lowest BCUT2D eigenvalue weighted by atomic mass is 10.2. The molecule has 0 aromatic heterocycles. The van der Waals surface area contributed by atoms with Crippen molar-refractivity contribution in [1.82, 2.24) is 19.4 Å². The lowest BCUT2D eigenvalue weighted by Crippen LogP contribution is -2.48. The highest BCUT2D eigenvalue weighted by atomic mass is 32.2. The third kappa shape index (κ3) is 7.54. The van der Waals surface area contributed by atoms with Gasteiger partial charge in [0.05, 0.1) is 21.1 Å². The van der Waals surface area contributed by atoms with E-state index in [1.807, 2.05) is 40.9 Å². The summed E-state index contributed by atoms with van der Waals surface area (Å²) in [6, 6.07) is 14.7. The summed E-state index contributed by atoms with van der Waals surface area (Å²) in [4.78, 5) is 22.0. The number of carbonyl (C=O) groups is 1. The Kier molecular flexibility index (Phi) is 11.5. The molecule has 1 amide bonds. The average molecular weight is 560 g/mol. The number of hydrogen-bond acceptors (Lipinski definition) is 6. The molecule has 0 bridgehead atoms. The van der Waals surface area contributed by atoms with Gasteiger partial charge in [0.15, 0.2) is 0 Å². The number of rotatable bonds is 10. The van der Waals surface area contributed by atoms with Crippen LogP contribution < -0.4 is 10.2 Å². The van der Waals surface area contributed by atoms with Crippen LogP contribution >= 0.6 is 11.8 Å². The molecule has 2 aliphatic heterocycles. The zero-order chi connectivity index (χ0) is 27.7. The van der Waals surface area contributed by atoms with Crippen LogP contribution in [0.4, 0.5) is 11.4 Å². The molecule has 2 heterocycles. The van der Waals surface area contributed by atoms with E-state index in [9.17, 15) is 9.00 Å². The van der Waals surface area contributed by atoms with E-state index in [0.717, 1.165) is 69.4 Å². The number of hydrogen-bond donors (Lipinski definition) is 1. The van der Waals surface area contributed by atoms with Crippen molar-refractivity contribution >= 4 is 44.6 Å². The maximum absolute atomic E-state index is 13.2. The van der Waals surface area contributed by atoms with Gasteiger partial charge in [-0.05, 0) is 63.3 Å². The molecule has 9 heteroatoms. The van der Waals surface area contributed by atoms with Crippen LogP contribution in [0.15, 0.2) is 57.2 Å². The molecule has 7 nitrogen and oxygen atoms in total. The van der Waals surface area contributed by atoms with Crippen LogP contribution in [0.25, 0.3) is 0 Å². The fraction of sp³-hybridized carbons (Fsp3) is 0.517. The van der Waals surface area contributed by atoms with Crippen LogP contribution in [0.1, 0.15) is 33.6 Å². The van der Waals surface area contributed by atoms with Crippen LogP contribution in [-0.2, 0) is 14.5 Å². The highest BCUT2D eigenvalue weighted by Crippen LogP contribution is 2.48. The first-order valence-electron chi connectivity index (χ1n) is 13.7. The van der Waals surface area contributed by atoms with Gasteiger partial charge in [-0.2, -0.15) is 0 Å². The third-order valence-electron chi connectivity index (χ3n) is 6.95. The number of nitrogens with one attached hydrogen (secondary N) is 1. The van der Waals surface area contributed by atoms with Gasteiger partial charge in [-0.3, -0.25) is 9.69 Å². The van der Waals surface area contributed by atoms with Crippen molar-refractivity contribution in [3.63, 3.8) is 0 Å². The maximum atomic E-state index is 13.2. The Balaban J connectivity index is 0.00000195. The number of carbonyl (C=O) groups excluding carboxylic acids is 1. The summed E-state index contributed by atoms with van der Waals surface area (Å²) < 4.78 is 15.0. The van der Waals surface area contributed by atoms with Gasteiger partial charge in [0, 0.05) is 66.9 Å². The van der Waals surface area contributed by atoms with Crippen molar-refractivity contribution in [3.8, 4) is 0 Å². The maximum Gasteiger partial charge on any atom is 0.219 e. The van der Waals surface area contributed by atoms with Crippen molar-refractivity contribution < 1.29 is 9.00 Å². The van der Waals surface area contributed by atoms with Gasteiger partial charge in [0.1, 0.15) is 0 Å². The second-order valence-corrected chi connectivity index (χ2v) is 13.1. The fourth-order valence-corrected chi connectivity index (χ4v) is 6.70. The molecule has 210 valence electrons. The van der Waals surface area contributed by atoms with E-state index in [4.69, 9.17) is 0 Å². The monoisotopic (exact) mass is 559 g/mol. The van der Waals surface area contributed by atoms with Crippen LogP contribution in [0, 0.1) is 0 Å².